The second-order valence-corrected chi connectivity index (χ2v) is 4.04. The Bertz CT molecular complexity index is 414. The molecule has 0 bridgehead atoms. The summed E-state index contributed by atoms with van der Waals surface area (Å²) in [5.41, 5.74) is 0.355. The number of rotatable bonds is 6. The molecule has 0 radical (unpaired) electrons. The van der Waals surface area contributed by atoms with Gasteiger partial charge in [0.1, 0.15) is 12.4 Å². The van der Waals surface area contributed by atoms with Gasteiger partial charge in [-0.3, -0.25) is 4.79 Å². The van der Waals surface area contributed by atoms with E-state index in [1.807, 2.05) is 0 Å². The Morgan fingerprint density at radius 1 is 1.61 bits per heavy atom. The van der Waals surface area contributed by atoms with E-state index in [9.17, 15) is 14.3 Å². The third-order valence-electron chi connectivity index (χ3n) is 2.26. The molecule has 0 aliphatic carbocycles. The van der Waals surface area contributed by atoms with E-state index in [2.05, 4.69) is 5.32 Å². The molecule has 0 aliphatic heterocycles. The molecule has 0 aliphatic rings. The zero-order valence-corrected chi connectivity index (χ0v) is 10.7. The summed E-state index contributed by atoms with van der Waals surface area (Å²) in [5, 5.41) is 12.2. The largest absolute Gasteiger partial charge is 0.387 e. The van der Waals surface area contributed by atoms with Crippen molar-refractivity contribution in [2.75, 3.05) is 19.8 Å². The first kappa shape index (κ1) is 14.9. The number of halogens is 2. The Hall–Kier alpha value is -1.17. The third kappa shape index (κ3) is 4.60. The predicted molar refractivity (Wildman–Crippen MR) is 65.9 cm³/mol. The van der Waals surface area contributed by atoms with Gasteiger partial charge in [0.15, 0.2) is 0 Å². The summed E-state index contributed by atoms with van der Waals surface area (Å²) in [4.78, 5) is 11.2. The van der Waals surface area contributed by atoms with Crippen LogP contribution in [0.5, 0.6) is 0 Å². The van der Waals surface area contributed by atoms with Crippen molar-refractivity contribution >= 4 is 17.5 Å². The first-order chi connectivity index (χ1) is 8.54. The van der Waals surface area contributed by atoms with Crippen molar-refractivity contribution in [1.29, 1.82) is 0 Å². The van der Waals surface area contributed by atoms with Gasteiger partial charge in [-0.2, -0.15) is 0 Å². The van der Waals surface area contributed by atoms with Gasteiger partial charge in [0.2, 0.25) is 5.91 Å². The molecule has 1 rings (SSSR count). The Morgan fingerprint density at radius 2 is 2.33 bits per heavy atom. The number of aliphatic hydroxyl groups is 1. The molecule has 0 saturated carbocycles. The molecule has 0 aromatic heterocycles. The van der Waals surface area contributed by atoms with Crippen LogP contribution in [0.15, 0.2) is 18.2 Å². The van der Waals surface area contributed by atoms with E-state index in [0.717, 1.165) is 6.07 Å². The third-order valence-corrected chi connectivity index (χ3v) is 2.56. The van der Waals surface area contributed by atoms with Crippen LogP contribution < -0.4 is 5.32 Å². The summed E-state index contributed by atoms with van der Waals surface area (Å²) >= 11 is 5.53. The van der Waals surface area contributed by atoms with Crippen molar-refractivity contribution in [2.24, 2.45) is 0 Å². The predicted octanol–water partition coefficient (Wildman–Crippen LogP) is 1.67. The fourth-order valence-electron chi connectivity index (χ4n) is 1.29. The Morgan fingerprint density at radius 3 is 2.94 bits per heavy atom. The van der Waals surface area contributed by atoms with E-state index >= 15 is 0 Å². The van der Waals surface area contributed by atoms with Gasteiger partial charge < -0.3 is 15.2 Å². The molecular weight excluding hydrogens is 261 g/mol. The molecule has 1 aromatic carbocycles. The summed E-state index contributed by atoms with van der Waals surface area (Å²) in [6, 6.07) is 4.00. The van der Waals surface area contributed by atoms with Crippen molar-refractivity contribution in [3.8, 4) is 0 Å². The summed E-state index contributed by atoms with van der Waals surface area (Å²) in [6.45, 7) is 2.15. The number of benzene rings is 1. The van der Waals surface area contributed by atoms with Gasteiger partial charge in [-0.1, -0.05) is 17.7 Å². The molecule has 0 spiro atoms. The van der Waals surface area contributed by atoms with Gasteiger partial charge in [0, 0.05) is 13.2 Å². The van der Waals surface area contributed by atoms with Crippen LogP contribution in [0.4, 0.5) is 4.39 Å². The lowest BCUT2D eigenvalue weighted by Crippen LogP contribution is -2.31. The molecule has 18 heavy (non-hydrogen) atoms. The fourth-order valence-corrected chi connectivity index (χ4v) is 1.41. The molecule has 1 amide bonds. The molecule has 2 N–H and O–H groups in total. The Labute approximate surface area is 110 Å². The molecule has 0 saturated heterocycles. The second kappa shape index (κ2) is 7.31. The highest BCUT2D eigenvalue weighted by Crippen LogP contribution is 2.19. The minimum Gasteiger partial charge on any atom is -0.387 e. The van der Waals surface area contributed by atoms with Crippen LogP contribution in [0.1, 0.15) is 18.6 Å². The Balaban J connectivity index is 2.47. The van der Waals surface area contributed by atoms with Crippen LogP contribution in [0.3, 0.4) is 0 Å². The maximum atomic E-state index is 13.2. The van der Waals surface area contributed by atoms with Crippen molar-refractivity contribution in [3.05, 3.63) is 34.6 Å². The quantitative estimate of drug-likeness (QED) is 0.830. The molecule has 1 aromatic rings. The van der Waals surface area contributed by atoms with Crippen LogP contribution in [0, 0.1) is 5.82 Å². The number of hydrogen-bond donors (Lipinski definition) is 2. The average molecular weight is 276 g/mol. The van der Waals surface area contributed by atoms with E-state index in [1.54, 1.807) is 6.92 Å². The van der Waals surface area contributed by atoms with Gasteiger partial charge in [0.25, 0.3) is 0 Å². The van der Waals surface area contributed by atoms with Crippen LogP contribution in [0.25, 0.3) is 0 Å². The highest BCUT2D eigenvalue weighted by Gasteiger charge is 2.11. The van der Waals surface area contributed by atoms with Crippen LogP contribution >= 0.6 is 11.6 Å². The summed E-state index contributed by atoms with van der Waals surface area (Å²) < 4.78 is 18.1. The average Bonchev–Trinajstić information content (AvgIpc) is 2.36. The molecule has 4 nitrogen and oxygen atoms in total. The highest BCUT2D eigenvalue weighted by atomic mass is 35.5. The Kier molecular flexibility index (Phi) is 6.04. The first-order valence-electron chi connectivity index (χ1n) is 5.52. The topological polar surface area (TPSA) is 58.6 Å². The number of ether oxygens (including phenoxy) is 1. The van der Waals surface area contributed by atoms with E-state index in [-0.39, 0.29) is 24.1 Å². The normalized spacial score (nSPS) is 12.2. The standard InChI is InChI=1S/C12H15ClFNO3/c1-2-18-7-12(17)15-6-11(16)8-3-4-9(13)10(14)5-8/h3-5,11,16H,2,6-7H2,1H3,(H,15,17). The number of hydrogen-bond acceptors (Lipinski definition) is 3. The lowest BCUT2D eigenvalue weighted by Gasteiger charge is -2.12. The van der Waals surface area contributed by atoms with Crippen LogP contribution in [-0.2, 0) is 9.53 Å². The zero-order chi connectivity index (χ0) is 13.5. The summed E-state index contributed by atoms with van der Waals surface area (Å²) in [5.74, 6) is -0.931. The second-order valence-electron chi connectivity index (χ2n) is 3.63. The van der Waals surface area contributed by atoms with Crippen LogP contribution in [0.2, 0.25) is 5.02 Å². The van der Waals surface area contributed by atoms with Gasteiger partial charge in [0.05, 0.1) is 11.1 Å². The fraction of sp³-hybridized carbons (Fsp3) is 0.417. The number of aliphatic hydroxyl groups excluding tert-OH is 1. The maximum absolute atomic E-state index is 13.2. The molecule has 6 heteroatoms. The highest BCUT2D eigenvalue weighted by molar-refractivity contribution is 6.30. The smallest absolute Gasteiger partial charge is 0.246 e. The monoisotopic (exact) mass is 275 g/mol. The van der Waals surface area contributed by atoms with Crippen LogP contribution in [-0.4, -0.2) is 30.8 Å². The molecule has 1 unspecified atom stereocenters. The maximum Gasteiger partial charge on any atom is 0.246 e. The van der Waals surface area contributed by atoms with Gasteiger partial charge in [-0.25, -0.2) is 4.39 Å². The lowest BCUT2D eigenvalue weighted by molar-refractivity contribution is -0.126. The van der Waals surface area contributed by atoms with Gasteiger partial charge in [-0.05, 0) is 24.6 Å². The molecule has 100 valence electrons. The van der Waals surface area contributed by atoms with Crippen molar-refractivity contribution in [1.82, 2.24) is 5.32 Å². The van der Waals surface area contributed by atoms with E-state index < -0.39 is 11.9 Å². The van der Waals surface area contributed by atoms with Crippen molar-refractivity contribution < 1.29 is 19.0 Å². The number of amides is 1. The van der Waals surface area contributed by atoms with Crippen molar-refractivity contribution in [3.63, 3.8) is 0 Å². The van der Waals surface area contributed by atoms with Crippen molar-refractivity contribution in [2.45, 2.75) is 13.0 Å². The van der Waals surface area contributed by atoms with Gasteiger partial charge in [-0.15, -0.1) is 0 Å². The minimum atomic E-state index is -0.984. The first-order valence-corrected chi connectivity index (χ1v) is 5.89. The molecular formula is C12H15ClFNO3. The minimum absolute atomic E-state index is 0.00696. The SMILES string of the molecule is CCOCC(=O)NCC(O)c1ccc(Cl)c(F)c1. The van der Waals surface area contributed by atoms with Gasteiger partial charge >= 0.3 is 0 Å². The van der Waals surface area contributed by atoms with E-state index in [4.69, 9.17) is 16.3 Å². The zero-order valence-electron chi connectivity index (χ0n) is 9.95. The number of carbonyl (C=O) groups is 1. The lowest BCUT2D eigenvalue weighted by atomic mass is 10.1. The van der Waals surface area contributed by atoms with E-state index in [0.29, 0.717) is 12.2 Å². The number of carbonyl (C=O) groups excluding carboxylic acids is 1. The summed E-state index contributed by atoms with van der Waals surface area (Å²) in [6.07, 6.45) is -0.984. The molecule has 0 fully saturated rings. The summed E-state index contributed by atoms with van der Waals surface area (Å²) in [7, 11) is 0. The van der Waals surface area contributed by atoms with E-state index in [1.165, 1.54) is 12.1 Å². The number of nitrogens with one attached hydrogen (secondary N) is 1. The molecule has 1 atom stereocenters. The molecule has 0 heterocycles.